The number of ether oxygens (including phenoxy) is 2. The first-order chi connectivity index (χ1) is 13.1. The van der Waals surface area contributed by atoms with Gasteiger partial charge in [-0.2, -0.15) is 0 Å². The lowest BCUT2D eigenvalue weighted by atomic mass is 10.1. The number of aliphatic hydroxyl groups is 1. The molecule has 1 atom stereocenters. The molecule has 0 amide bonds. The van der Waals surface area contributed by atoms with Gasteiger partial charge in [0.2, 0.25) is 7.14 Å². The second kappa shape index (κ2) is 8.20. The number of hydrogen-bond acceptors (Lipinski definition) is 4. The molecule has 1 unspecified atom stereocenters. The predicted octanol–water partition coefficient (Wildman–Crippen LogP) is 3.68. The lowest BCUT2D eigenvalue weighted by Crippen LogP contribution is -2.46. The van der Waals surface area contributed by atoms with Gasteiger partial charge in [-0.3, -0.25) is 0 Å². The fourth-order valence-electron chi connectivity index (χ4n) is 3.37. The normalized spacial score (nSPS) is 13.3. The van der Waals surface area contributed by atoms with Crippen LogP contribution < -0.4 is 10.6 Å². The Kier molecular flexibility index (Phi) is 5.93. The molecule has 3 rings (SSSR count). The molecule has 0 aromatic heterocycles. The summed E-state index contributed by atoms with van der Waals surface area (Å²) in [5.41, 5.74) is -1.22. The third-order valence-corrected chi connectivity index (χ3v) is 8.26. The zero-order chi connectivity index (χ0) is 19.3. The van der Waals surface area contributed by atoms with E-state index in [1.54, 1.807) is 36.4 Å². The summed E-state index contributed by atoms with van der Waals surface area (Å²) in [4.78, 5) is 0. The molecular formula is C22H23O4P. The Balaban J connectivity index is 2.29. The molecule has 0 fully saturated rings. The number of benzene rings is 3. The molecule has 0 saturated carbocycles. The highest BCUT2D eigenvalue weighted by Gasteiger charge is 2.57. The average molecular weight is 382 g/mol. The van der Waals surface area contributed by atoms with E-state index in [2.05, 4.69) is 0 Å². The lowest BCUT2D eigenvalue weighted by molar-refractivity contribution is -0.202. The van der Waals surface area contributed by atoms with Crippen molar-refractivity contribution in [2.75, 3.05) is 14.2 Å². The number of hydrogen-bond donors (Lipinski definition) is 1. The largest absolute Gasteiger partial charge is 0.382 e. The van der Waals surface area contributed by atoms with Crippen molar-refractivity contribution in [1.29, 1.82) is 0 Å². The molecule has 0 saturated heterocycles. The van der Waals surface area contributed by atoms with Gasteiger partial charge in [-0.05, 0) is 5.56 Å². The van der Waals surface area contributed by atoms with Crippen molar-refractivity contribution in [1.82, 2.24) is 0 Å². The standard InChI is InChI=1S/C22H23O4P/c1-25-22(26-2,21(23)18-12-6-3-7-13-18)27(24,19-14-8-4-9-15-19)20-16-10-5-11-17-20/h3-17,21,23H,1-2H3. The molecule has 5 heteroatoms. The Morgan fingerprint density at radius 3 is 1.48 bits per heavy atom. The van der Waals surface area contributed by atoms with Crippen molar-refractivity contribution in [3.05, 3.63) is 96.6 Å². The van der Waals surface area contributed by atoms with Gasteiger partial charge >= 0.3 is 0 Å². The molecule has 0 aliphatic carbocycles. The van der Waals surface area contributed by atoms with E-state index in [0.29, 0.717) is 16.2 Å². The minimum Gasteiger partial charge on any atom is -0.382 e. The highest BCUT2D eigenvalue weighted by Crippen LogP contribution is 2.61. The first-order valence-electron chi connectivity index (χ1n) is 8.65. The van der Waals surface area contributed by atoms with Crippen LogP contribution in [0.4, 0.5) is 0 Å². The molecule has 0 spiro atoms. The second-order valence-electron chi connectivity index (χ2n) is 6.13. The summed E-state index contributed by atoms with van der Waals surface area (Å²) in [5, 5.41) is 12.4. The van der Waals surface area contributed by atoms with Crippen molar-refractivity contribution < 1.29 is 19.1 Å². The Morgan fingerprint density at radius 2 is 1.11 bits per heavy atom. The quantitative estimate of drug-likeness (QED) is 0.500. The Morgan fingerprint density at radius 1 is 0.741 bits per heavy atom. The molecule has 0 bridgehead atoms. The second-order valence-corrected chi connectivity index (χ2v) is 9.01. The Bertz CT molecular complexity index is 850. The number of methoxy groups -OCH3 is 2. The number of rotatable bonds is 7. The van der Waals surface area contributed by atoms with E-state index >= 15 is 0 Å². The lowest BCUT2D eigenvalue weighted by Gasteiger charge is -2.41. The molecule has 0 radical (unpaired) electrons. The van der Waals surface area contributed by atoms with Crippen molar-refractivity contribution in [3.63, 3.8) is 0 Å². The summed E-state index contributed by atoms with van der Waals surface area (Å²) in [6.45, 7) is 0. The molecule has 0 aliphatic rings. The van der Waals surface area contributed by atoms with Crippen molar-refractivity contribution in [3.8, 4) is 0 Å². The monoisotopic (exact) mass is 382 g/mol. The summed E-state index contributed by atoms with van der Waals surface area (Å²) in [6.07, 6.45) is -1.26. The van der Waals surface area contributed by atoms with Crippen LogP contribution in [-0.2, 0) is 14.0 Å². The molecule has 3 aromatic rings. The van der Waals surface area contributed by atoms with Crippen LogP contribution >= 0.6 is 7.14 Å². The van der Waals surface area contributed by atoms with Crippen LogP contribution in [0.25, 0.3) is 0 Å². The minimum absolute atomic E-state index is 0.551. The van der Waals surface area contributed by atoms with Gasteiger partial charge in [0, 0.05) is 24.8 Å². The van der Waals surface area contributed by atoms with Crippen LogP contribution in [0, 0.1) is 0 Å². The summed E-state index contributed by atoms with van der Waals surface area (Å²) in [7, 11) is -0.759. The molecule has 27 heavy (non-hydrogen) atoms. The van der Waals surface area contributed by atoms with Gasteiger partial charge < -0.3 is 19.1 Å². The molecule has 0 aliphatic heterocycles. The summed E-state index contributed by atoms with van der Waals surface area (Å²) in [5.74, 6) is 0. The Hall–Kier alpha value is -2.23. The molecule has 4 nitrogen and oxygen atoms in total. The van der Waals surface area contributed by atoms with Crippen LogP contribution in [0.15, 0.2) is 91.0 Å². The molecule has 3 aromatic carbocycles. The maximum Gasteiger partial charge on any atom is 0.261 e. The fraction of sp³-hybridized carbons (Fsp3) is 0.182. The first-order valence-corrected chi connectivity index (χ1v) is 10.4. The van der Waals surface area contributed by atoms with Crippen molar-refractivity contribution >= 4 is 17.8 Å². The van der Waals surface area contributed by atoms with Gasteiger partial charge in [0.15, 0.2) is 0 Å². The van der Waals surface area contributed by atoms with Gasteiger partial charge in [0.25, 0.3) is 5.53 Å². The maximum absolute atomic E-state index is 14.7. The van der Waals surface area contributed by atoms with E-state index in [1.165, 1.54) is 14.2 Å². The molecular weight excluding hydrogens is 359 g/mol. The van der Waals surface area contributed by atoms with E-state index < -0.39 is 18.8 Å². The zero-order valence-corrected chi connectivity index (χ0v) is 16.3. The number of aliphatic hydroxyl groups excluding tert-OH is 1. The SMILES string of the molecule is COC(OC)(C(O)c1ccccc1)P(=O)(c1ccccc1)c1ccccc1. The van der Waals surface area contributed by atoms with E-state index in [-0.39, 0.29) is 0 Å². The third kappa shape index (κ3) is 3.26. The maximum atomic E-state index is 14.7. The topological polar surface area (TPSA) is 55.8 Å². The van der Waals surface area contributed by atoms with Crippen molar-refractivity contribution in [2.24, 2.45) is 0 Å². The van der Waals surface area contributed by atoms with Gasteiger partial charge in [0.05, 0.1) is 0 Å². The Labute approximate surface area is 159 Å². The third-order valence-electron chi connectivity index (χ3n) is 4.72. The highest BCUT2D eigenvalue weighted by atomic mass is 31.2. The molecule has 1 N–H and O–H groups in total. The predicted molar refractivity (Wildman–Crippen MR) is 108 cm³/mol. The minimum atomic E-state index is -3.58. The van der Waals surface area contributed by atoms with Gasteiger partial charge in [0.1, 0.15) is 6.10 Å². The van der Waals surface area contributed by atoms with E-state index in [4.69, 9.17) is 9.47 Å². The summed E-state index contributed by atoms with van der Waals surface area (Å²) < 4.78 is 26.2. The van der Waals surface area contributed by atoms with E-state index in [0.717, 1.165) is 0 Å². The van der Waals surface area contributed by atoms with Crippen LogP contribution in [0.3, 0.4) is 0 Å². The molecule has 140 valence electrons. The fourth-order valence-corrected chi connectivity index (χ4v) is 6.58. The van der Waals surface area contributed by atoms with Crippen LogP contribution in [-0.4, -0.2) is 24.9 Å². The van der Waals surface area contributed by atoms with E-state index in [1.807, 2.05) is 54.6 Å². The van der Waals surface area contributed by atoms with Crippen LogP contribution in [0.5, 0.6) is 0 Å². The highest BCUT2D eigenvalue weighted by molar-refractivity contribution is 7.79. The average Bonchev–Trinajstić information content (AvgIpc) is 2.76. The zero-order valence-electron chi connectivity index (χ0n) is 15.4. The van der Waals surface area contributed by atoms with Gasteiger partial charge in [-0.15, -0.1) is 0 Å². The van der Waals surface area contributed by atoms with Crippen molar-refractivity contribution in [2.45, 2.75) is 11.6 Å². The summed E-state index contributed by atoms with van der Waals surface area (Å²) in [6, 6.07) is 27.1. The van der Waals surface area contributed by atoms with Gasteiger partial charge in [-0.1, -0.05) is 91.0 Å². The van der Waals surface area contributed by atoms with Gasteiger partial charge in [-0.25, -0.2) is 0 Å². The molecule has 0 heterocycles. The summed E-state index contributed by atoms with van der Waals surface area (Å²) >= 11 is 0. The smallest absolute Gasteiger partial charge is 0.261 e. The van der Waals surface area contributed by atoms with E-state index in [9.17, 15) is 9.67 Å². The first kappa shape index (κ1) is 19.5. The van der Waals surface area contributed by atoms with Crippen LogP contribution in [0.2, 0.25) is 0 Å². The van der Waals surface area contributed by atoms with Crippen LogP contribution in [0.1, 0.15) is 11.7 Å².